The zero-order valence-corrected chi connectivity index (χ0v) is 11.8. The minimum Gasteiger partial charge on any atom is -0.398 e. The molecular weight excluding hydrogens is 269 g/mol. The van der Waals surface area contributed by atoms with Gasteiger partial charge in [0.1, 0.15) is 5.82 Å². The fourth-order valence-electron chi connectivity index (χ4n) is 1.53. The molecule has 5 nitrogen and oxygen atoms in total. The van der Waals surface area contributed by atoms with Crippen molar-refractivity contribution in [3.63, 3.8) is 0 Å². The molecule has 1 aromatic carbocycles. The van der Waals surface area contributed by atoms with Gasteiger partial charge in [-0.05, 0) is 26.0 Å². The fourth-order valence-corrected chi connectivity index (χ4v) is 2.84. The van der Waals surface area contributed by atoms with Crippen molar-refractivity contribution in [3.05, 3.63) is 23.5 Å². The van der Waals surface area contributed by atoms with E-state index >= 15 is 0 Å². The van der Waals surface area contributed by atoms with E-state index in [1.807, 2.05) is 6.07 Å². The van der Waals surface area contributed by atoms with E-state index in [4.69, 9.17) is 11.0 Å². The number of nitrogens with two attached hydrogens (primary N) is 1. The third-order valence-electron chi connectivity index (χ3n) is 2.82. The Morgan fingerprint density at radius 3 is 2.58 bits per heavy atom. The summed E-state index contributed by atoms with van der Waals surface area (Å²) in [6.07, 6.45) is 0. The summed E-state index contributed by atoms with van der Waals surface area (Å²) in [5.41, 5.74) is 5.87. The molecule has 1 unspecified atom stereocenters. The molecule has 0 aliphatic carbocycles. The Kier molecular flexibility index (Phi) is 4.50. The summed E-state index contributed by atoms with van der Waals surface area (Å²) in [7, 11) is -2.50. The van der Waals surface area contributed by atoms with Crippen LogP contribution in [0.25, 0.3) is 0 Å². The third-order valence-corrected chi connectivity index (χ3v) is 4.62. The molecule has 1 rings (SSSR count). The first kappa shape index (κ1) is 15.4. The van der Waals surface area contributed by atoms with E-state index in [1.165, 1.54) is 20.0 Å². The Bertz CT molecular complexity index is 599. The number of benzene rings is 1. The SMILES string of the molecule is Cc1c(N)cc(S(=O)(=O)N(C)CC(C)C#N)cc1F. The standard InChI is InChI=1S/C12H16FN3O2S/c1-8(6-14)7-16(3)19(17,18)10-4-11(13)9(2)12(15)5-10/h4-5,8H,7,15H2,1-3H3. The highest BCUT2D eigenvalue weighted by atomic mass is 32.2. The van der Waals surface area contributed by atoms with E-state index < -0.39 is 21.8 Å². The fraction of sp³-hybridized carbons (Fsp3) is 0.417. The zero-order valence-electron chi connectivity index (χ0n) is 11.0. The van der Waals surface area contributed by atoms with Crippen molar-refractivity contribution in [2.24, 2.45) is 5.92 Å². The predicted molar refractivity (Wildman–Crippen MR) is 70.1 cm³/mol. The van der Waals surface area contributed by atoms with Gasteiger partial charge in [0.05, 0.1) is 16.9 Å². The molecule has 0 radical (unpaired) electrons. The lowest BCUT2D eigenvalue weighted by atomic mass is 10.2. The normalized spacial score (nSPS) is 13.3. The van der Waals surface area contributed by atoms with Crippen molar-refractivity contribution in [2.45, 2.75) is 18.7 Å². The summed E-state index contributed by atoms with van der Waals surface area (Å²) in [6, 6.07) is 4.11. The molecular formula is C12H16FN3O2S. The van der Waals surface area contributed by atoms with Gasteiger partial charge in [0.25, 0.3) is 0 Å². The van der Waals surface area contributed by atoms with Crippen molar-refractivity contribution in [2.75, 3.05) is 19.3 Å². The van der Waals surface area contributed by atoms with Crippen LogP contribution in [0.15, 0.2) is 17.0 Å². The van der Waals surface area contributed by atoms with Gasteiger partial charge in [0.15, 0.2) is 0 Å². The highest BCUT2D eigenvalue weighted by Gasteiger charge is 2.24. The highest BCUT2D eigenvalue weighted by Crippen LogP contribution is 2.23. The van der Waals surface area contributed by atoms with Gasteiger partial charge in [-0.1, -0.05) is 0 Å². The quantitative estimate of drug-likeness (QED) is 0.849. The van der Waals surface area contributed by atoms with Crippen LogP contribution in [-0.4, -0.2) is 26.3 Å². The number of nitrogens with zero attached hydrogens (tertiary/aromatic N) is 2. The minimum absolute atomic E-state index is 0.0359. The molecule has 104 valence electrons. The Morgan fingerprint density at radius 1 is 1.53 bits per heavy atom. The molecule has 0 bridgehead atoms. The van der Waals surface area contributed by atoms with Gasteiger partial charge in [-0.25, -0.2) is 12.8 Å². The first-order valence-corrected chi connectivity index (χ1v) is 7.05. The number of halogens is 1. The van der Waals surface area contributed by atoms with Crippen molar-refractivity contribution < 1.29 is 12.8 Å². The van der Waals surface area contributed by atoms with Crippen molar-refractivity contribution in [1.29, 1.82) is 5.26 Å². The van der Waals surface area contributed by atoms with Crippen LogP contribution in [-0.2, 0) is 10.0 Å². The van der Waals surface area contributed by atoms with Crippen molar-refractivity contribution in [3.8, 4) is 6.07 Å². The van der Waals surface area contributed by atoms with Crippen molar-refractivity contribution in [1.82, 2.24) is 4.31 Å². The monoisotopic (exact) mass is 285 g/mol. The first-order chi connectivity index (χ1) is 8.70. The Hall–Kier alpha value is -1.65. The summed E-state index contributed by atoms with van der Waals surface area (Å²) >= 11 is 0. The number of rotatable bonds is 4. The van der Waals surface area contributed by atoms with Crippen LogP contribution in [0, 0.1) is 30.0 Å². The van der Waals surface area contributed by atoms with Crippen LogP contribution in [0.2, 0.25) is 0 Å². The van der Waals surface area contributed by atoms with Crippen LogP contribution in [0.1, 0.15) is 12.5 Å². The van der Waals surface area contributed by atoms with Crippen LogP contribution in [0.5, 0.6) is 0 Å². The largest absolute Gasteiger partial charge is 0.398 e. The third kappa shape index (κ3) is 3.22. The number of anilines is 1. The molecule has 0 fully saturated rings. The second-order valence-corrected chi connectivity index (χ2v) is 6.48. The average molecular weight is 285 g/mol. The zero-order chi connectivity index (χ0) is 14.8. The van der Waals surface area contributed by atoms with E-state index in [0.29, 0.717) is 0 Å². The van der Waals surface area contributed by atoms with Crippen molar-refractivity contribution >= 4 is 15.7 Å². The molecule has 0 aliphatic heterocycles. The summed E-state index contributed by atoms with van der Waals surface area (Å²) in [5.74, 6) is -1.12. The van der Waals surface area contributed by atoms with E-state index in [1.54, 1.807) is 6.92 Å². The van der Waals surface area contributed by atoms with Gasteiger partial charge in [0.2, 0.25) is 10.0 Å². The second-order valence-electron chi connectivity index (χ2n) is 4.44. The molecule has 0 aliphatic rings. The van der Waals surface area contributed by atoms with Gasteiger partial charge < -0.3 is 5.73 Å². The summed E-state index contributed by atoms with van der Waals surface area (Å²) in [4.78, 5) is -0.208. The Balaban J connectivity index is 3.18. The van der Waals surface area contributed by atoms with E-state index in [-0.39, 0.29) is 22.7 Å². The molecule has 19 heavy (non-hydrogen) atoms. The smallest absolute Gasteiger partial charge is 0.243 e. The molecule has 0 aromatic heterocycles. The lowest BCUT2D eigenvalue weighted by molar-refractivity contribution is 0.438. The maximum atomic E-state index is 13.5. The molecule has 1 aromatic rings. The van der Waals surface area contributed by atoms with E-state index in [0.717, 1.165) is 10.4 Å². The van der Waals surface area contributed by atoms with Gasteiger partial charge in [-0.2, -0.15) is 9.57 Å². The summed E-state index contributed by atoms with van der Waals surface area (Å²) in [5, 5.41) is 8.69. The second kappa shape index (κ2) is 5.55. The molecule has 7 heteroatoms. The molecule has 0 heterocycles. The molecule has 0 saturated heterocycles. The first-order valence-electron chi connectivity index (χ1n) is 5.61. The minimum atomic E-state index is -3.84. The topological polar surface area (TPSA) is 87.2 Å². The number of nitrogen functional groups attached to an aromatic ring is 1. The molecule has 0 amide bonds. The van der Waals surface area contributed by atoms with Gasteiger partial charge in [0, 0.05) is 24.8 Å². The molecule has 0 saturated carbocycles. The Morgan fingerprint density at radius 2 is 2.11 bits per heavy atom. The van der Waals surface area contributed by atoms with E-state index in [2.05, 4.69) is 0 Å². The van der Waals surface area contributed by atoms with Gasteiger partial charge in [-0.15, -0.1) is 0 Å². The van der Waals surface area contributed by atoms with Crippen LogP contribution >= 0.6 is 0 Å². The Labute approximate surface area is 112 Å². The maximum absolute atomic E-state index is 13.5. The molecule has 2 N–H and O–H groups in total. The maximum Gasteiger partial charge on any atom is 0.243 e. The summed E-state index contributed by atoms with van der Waals surface area (Å²) in [6.45, 7) is 3.12. The lowest BCUT2D eigenvalue weighted by Gasteiger charge is -2.18. The number of nitriles is 1. The highest BCUT2D eigenvalue weighted by molar-refractivity contribution is 7.89. The number of hydrogen-bond acceptors (Lipinski definition) is 4. The average Bonchev–Trinajstić information content (AvgIpc) is 2.34. The van der Waals surface area contributed by atoms with Gasteiger partial charge >= 0.3 is 0 Å². The predicted octanol–water partition coefficient (Wildman–Crippen LogP) is 1.50. The number of hydrogen-bond donors (Lipinski definition) is 1. The van der Waals surface area contributed by atoms with Crippen LogP contribution in [0.4, 0.5) is 10.1 Å². The van der Waals surface area contributed by atoms with Crippen LogP contribution < -0.4 is 5.73 Å². The van der Waals surface area contributed by atoms with Gasteiger partial charge in [-0.3, -0.25) is 0 Å². The lowest BCUT2D eigenvalue weighted by Crippen LogP contribution is -2.31. The van der Waals surface area contributed by atoms with Crippen LogP contribution in [0.3, 0.4) is 0 Å². The number of sulfonamides is 1. The molecule has 0 spiro atoms. The summed E-state index contributed by atoms with van der Waals surface area (Å²) < 4.78 is 39.0. The molecule has 1 atom stereocenters. The van der Waals surface area contributed by atoms with E-state index in [9.17, 15) is 12.8 Å².